The van der Waals surface area contributed by atoms with Crippen molar-refractivity contribution in [3.8, 4) is 5.75 Å². The van der Waals surface area contributed by atoms with Gasteiger partial charge in [-0.25, -0.2) is 0 Å². The van der Waals surface area contributed by atoms with Crippen LogP contribution in [0.4, 0.5) is 0 Å². The highest BCUT2D eigenvalue weighted by molar-refractivity contribution is 5.98. The predicted octanol–water partition coefficient (Wildman–Crippen LogP) is 2.44. The molecule has 0 radical (unpaired) electrons. The van der Waals surface area contributed by atoms with E-state index in [0.717, 1.165) is 19.3 Å². The Balaban J connectivity index is 2.21. The molecule has 1 saturated carbocycles. The summed E-state index contributed by atoms with van der Waals surface area (Å²) < 4.78 is 6.83. The fourth-order valence-corrected chi connectivity index (χ4v) is 2.71. The average molecular weight is 236 g/mol. The molecule has 0 bridgehead atoms. The van der Waals surface area contributed by atoms with Crippen molar-refractivity contribution >= 4 is 5.78 Å². The molecule has 0 aliphatic heterocycles. The zero-order valence-corrected chi connectivity index (χ0v) is 10.8. The number of hydrogen-bond acceptors (Lipinski definition) is 3. The highest BCUT2D eigenvalue weighted by Crippen LogP contribution is 2.32. The van der Waals surface area contributed by atoms with Crippen LogP contribution in [0.25, 0.3) is 0 Å². The van der Waals surface area contributed by atoms with E-state index in [4.69, 9.17) is 4.74 Å². The monoisotopic (exact) mass is 236 g/mol. The second-order valence-electron chi connectivity index (χ2n) is 5.02. The first-order valence-electron chi connectivity index (χ1n) is 6.23. The Morgan fingerprint density at radius 3 is 2.94 bits per heavy atom. The summed E-state index contributed by atoms with van der Waals surface area (Å²) in [6.45, 7) is 2.22. The predicted molar refractivity (Wildman–Crippen MR) is 65.2 cm³/mol. The molecule has 2 unspecified atom stereocenters. The largest absolute Gasteiger partial charge is 0.493 e. The number of Topliss-reactive ketones (excluding diaryl/α,β-unsaturated/α-hetero) is 1. The highest BCUT2D eigenvalue weighted by atomic mass is 16.5. The van der Waals surface area contributed by atoms with E-state index in [2.05, 4.69) is 12.0 Å². The van der Waals surface area contributed by atoms with Gasteiger partial charge in [0.2, 0.25) is 0 Å². The minimum Gasteiger partial charge on any atom is -0.493 e. The summed E-state index contributed by atoms with van der Waals surface area (Å²) in [5, 5.41) is 4.09. The Bertz CT molecular complexity index is 412. The van der Waals surface area contributed by atoms with Gasteiger partial charge in [-0.15, -0.1) is 0 Å². The van der Waals surface area contributed by atoms with Crippen LogP contribution in [0.3, 0.4) is 0 Å². The Morgan fingerprint density at radius 1 is 1.53 bits per heavy atom. The van der Waals surface area contributed by atoms with Crippen molar-refractivity contribution in [1.29, 1.82) is 0 Å². The number of carbonyl (C=O) groups is 1. The molecule has 0 saturated heterocycles. The first kappa shape index (κ1) is 12.1. The Labute approximate surface area is 102 Å². The van der Waals surface area contributed by atoms with E-state index < -0.39 is 0 Å². The Hall–Kier alpha value is -1.32. The van der Waals surface area contributed by atoms with Gasteiger partial charge in [-0.1, -0.05) is 19.8 Å². The van der Waals surface area contributed by atoms with Gasteiger partial charge in [0.05, 0.1) is 13.3 Å². The molecule has 17 heavy (non-hydrogen) atoms. The summed E-state index contributed by atoms with van der Waals surface area (Å²) in [4.78, 5) is 12.5. The molecule has 1 aromatic heterocycles. The maximum absolute atomic E-state index is 12.5. The Morgan fingerprint density at radius 2 is 2.29 bits per heavy atom. The van der Waals surface area contributed by atoms with Crippen molar-refractivity contribution in [2.24, 2.45) is 18.9 Å². The zero-order valence-electron chi connectivity index (χ0n) is 10.8. The molecular formula is C13H20N2O2. The van der Waals surface area contributed by atoms with E-state index >= 15 is 0 Å². The third-order valence-electron chi connectivity index (χ3n) is 3.67. The third kappa shape index (κ3) is 2.35. The van der Waals surface area contributed by atoms with Gasteiger partial charge in [0.1, 0.15) is 5.69 Å². The van der Waals surface area contributed by atoms with Crippen molar-refractivity contribution in [3.05, 3.63) is 11.9 Å². The molecule has 0 aromatic carbocycles. The van der Waals surface area contributed by atoms with Crippen molar-refractivity contribution < 1.29 is 9.53 Å². The van der Waals surface area contributed by atoms with Crippen molar-refractivity contribution in [1.82, 2.24) is 9.78 Å². The SMILES string of the molecule is COc1cnn(C)c1C(=O)C1CCCC(C)C1. The van der Waals surface area contributed by atoms with E-state index in [0.29, 0.717) is 17.4 Å². The molecule has 4 nitrogen and oxygen atoms in total. The molecule has 2 rings (SSSR count). The van der Waals surface area contributed by atoms with E-state index in [9.17, 15) is 4.79 Å². The van der Waals surface area contributed by atoms with Crippen LogP contribution in [-0.4, -0.2) is 22.7 Å². The fraction of sp³-hybridized carbons (Fsp3) is 0.692. The number of carbonyl (C=O) groups excluding carboxylic acids is 1. The normalized spacial score (nSPS) is 24.6. The number of ketones is 1. The number of aryl methyl sites for hydroxylation is 1. The lowest BCUT2D eigenvalue weighted by Gasteiger charge is -2.25. The number of rotatable bonds is 3. The van der Waals surface area contributed by atoms with Crippen LogP contribution in [0, 0.1) is 11.8 Å². The van der Waals surface area contributed by atoms with Crippen LogP contribution in [0.1, 0.15) is 43.1 Å². The molecule has 4 heteroatoms. The molecule has 0 spiro atoms. The lowest BCUT2D eigenvalue weighted by atomic mass is 9.79. The van der Waals surface area contributed by atoms with Crippen LogP contribution in [0.15, 0.2) is 6.20 Å². The molecular weight excluding hydrogens is 216 g/mol. The number of nitrogens with zero attached hydrogens (tertiary/aromatic N) is 2. The molecule has 94 valence electrons. The average Bonchev–Trinajstić information content (AvgIpc) is 2.69. The quantitative estimate of drug-likeness (QED) is 0.757. The van der Waals surface area contributed by atoms with Gasteiger partial charge in [0, 0.05) is 13.0 Å². The van der Waals surface area contributed by atoms with E-state index in [-0.39, 0.29) is 11.7 Å². The number of ether oxygens (including phenoxy) is 1. The molecule has 1 heterocycles. The summed E-state index contributed by atoms with van der Waals surface area (Å²) in [5.41, 5.74) is 0.617. The lowest BCUT2D eigenvalue weighted by Crippen LogP contribution is -2.24. The fourth-order valence-electron chi connectivity index (χ4n) is 2.71. The van der Waals surface area contributed by atoms with Gasteiger partial charge >= 0.3 is 0 Å². The van der Waals surface area contributed by atoms with Crippen LogP contribution >= 0.6 is 0 Å². The van der Waals surface area contributed by atoms with Crippen molar-refractivity contribution in [2.75, 3.05) is 7.11 Å². The summed E-state index contributed by atoms with van der Waals surface area (Å²) in [6.07, 6.45) is 5.99. The van der Waals surface area contributed by atoms with Crippen molar-refractivity contribution in [3.63, 3.8) is 0 Å². The Kier molecular flexibility index (Phi) is 3.50. The van der Waals surface area contributed by atoms with Crippen LogP contribution in [0.2, 0.25) is 0 Å². The van der Waals surface area contributed by atoms with E-state index in [1.165, 1.54) is 6.42 Å². The summed E-state index contributed by atoms with van der Waals surface area (Å²) >= 11 is 0. The van der Waals surface area contributed by atoms with Gasteiger partial charge in [-0.05, 0) is 18.8 Å². The highest BCUT2D eigenvalue weighted by Gasteiger charge is 2.29. The maximum Gasteiger partial charge on any atom is 0.187 e. The smallest absolute Gasteiger partial charge is 0.187 e. The first-order chi connectivity index (χ1) is 8.13. The van der Waals surface area contributed by atoms with Gasteiger partial charge in [0.25, 0.3) is 0 Å². The number of methoxy groups -OCH3 is 1. The standard InChI is InChI=1S/C13H20N2O2/c1-9-5-4-6-10(7-9)13(16)12-11(17-3)8-14-15(12)2/h8-10H,4-7H2,1-3H3. The third-order valence-corrected chi connectivity index (χ3v) is 3.67. The molecule has 2 atom stereocenters. The van der Waals surface area contributed by atoms with Gasteiger partial charge in [-0.3, -0.25) is 9.48 Å². The summed E-state index contributed by atoms with van der Waals surface area (Å²) in [6, 6.07) is 0. The molecule has 1 fully saturated rings. The molecule has 0 amide bonds. The first-order valence-corrected chi connectivity index (χ1v) is 6.23. The van der Waals surface area contributed by atoms with E-state index in [1.807, 2.05) is 0 Å². The van der Waals surface area contributed by atoms with Crippen LogP contribution in [-0.2, 0) is 7.05 Å². The van der Waals surface area contributed by atoms with E-state index in [1.54, 1.807) is 25.0 Å². The summed E-state index contributed by atoms with van der Waals surface area (Å²) in [5.74, 6) is 1.57. The van der Waals surface area contributed by atoms with Gasteiger partial charge < -0.3 is 4.74 Å². The molecule has 1 aromatic rings. The number of aromatic nitrogens is 2. The maximum atomic E-state index is 12.5. The van der Waals surface area contributed by atoms with Gasteiger partial charge in [-0.2, -0.15) is 5.10 Å². The lowest BCUT2D eigenvalue weighted by molar-refractivity contribution is 0.0855. The number of hydrogen-bond donors (Lipinski definition) is 0. The molecule has 1 aliphatic carbocycles. The minimum atomic E-state index is 0.142. The van der Waals surface area contributed by atoms with Crippen LogP contribution < -0.4 is 4.74 Å². The van der Waals surface area contributed by atoms with Gasteiger partial charge in [0.15, 0.2) is 11.5 Å². The zero-order chi connectivity index (χ0) is 12.4. The van der Waals surface area contributed by atoms with Crippen molar-refractivity contribution in [2.45, 2.75) is 32.6 Å². The summed E-state index contributed by atoms with van der Waals surface area (Å²) in [7, 11) is 3.37. The molecule has 1 aliphatic rings. The second kappa shape index (κ2) is 4.90. The topological polar surface area (TPSA) is 44.1 Å². The second-order valence-corrected chi connectivity index (χ2v) is 5.02. The minimum absolute atomic E-state index is 0.142. The molecule has 0 N–H and O–H groups in total. The van der Waals surface area contributed by atoms with Crippen LogP contribution in [0.5, 0.6) is 5.75 Å².